The van der Waals surface area contributed by atoms with Crippen molar-refractivity contribution in [2.75, 3.05) is 5.32 Å². The Morgan fingerprint density at radius 2 is 2.11 bits per heavy atom. The lowest BCUT2D eigenvalue weighted by molar-refractivity contribution is -0.118. The fourth-order valence-electron chi connectivity index (χ4n) is 2.52. The van der Waals surface area contributed by atoms with Crippen molar-refractivity contribution in [1.82, 2.24) is 14.6 Å². The summed E-state index contributed by atoms with van der Waals surface area (Å²) >= 11 is 3.03. The van der Waals surface area contributed by atoms with E-state index in [2.05, 4.69) is 22.3 Å². The first-order chi connectivity index (χ1) is 13.5. The average Bonchev–Trinajstić information content (AvgIpc) is 3.09. The Balaban J connectivity index is 1.77. The van der Waals surface area contributed by atoms with Gasteiger partial charge >= 0.3 is 0 Å². The van der Waals surface area contributed by atoms with Crippen LogP contribution in [0.5, 0.6) is 0 Å². The quantitative estimate of drug-likeness (QED) is 0.552. The van der Waals surface area contributed by atoms with Crippen molar-refractivity contribution in [1.29, 1.82) is 0 Å². The Bertz CT molecular complexity index is 1030. The summed E-state index contributed by atoms with van der Waals surface area (Å²) < 4.78 is 1.39. The molecule has 0 spiro atoms. The average molecular weight is 417 g/mol. The third-order valence-corrected chi connectivity index (χ3v) is 6.20. The molecule has 0 radical (unpaired) electrons. The molecule has 2 aromatic heterocycles. The smallest absolute Gasteiger partial charge is 0.275 e. The zero-order valence-electron chi connectivity index (χ0n) is 16.3. The number of carbonyl (C=O) groups is 1. The van der Waals surface area contributed by atoms with Crippen LogP contribution in [0.4, 0.5) is 5.69 Å². The first-order valence-corrected chi connectivity index (χ1v) is 11.2. The van der Waals surface area contributed by atoms with E-state index in [0.717, 1.165) is 34.9 Å². The molecule has 0 aliphatic heterocycles. The van der Waals surface area contributed by atoms with Gasteiger partial charge in [-0.1, -0.05) is 50.7 Å². The fourth-order valence-corrected chi connectivity index (χ4v) is 4.38. The molecule has 0 atom stereocenters. The van der Waals surface area contributed by atoms with Crippen molar-refractivity contribution in [3.05, 3.63) is 51.4 Å². The first-order valence-electron chi connectivity index (χ1n) is 9.39. The lowest BCUT2D eigenvalue weighted by atomic mass is 10.2. The number of benzene rings is 1. The number of carbonyl (C=O) groups excluding carboxylic acids is 1. The highest BCUT2D eigenvalue weighted by Crippen LogP contribution is 2.29. The number of hydrogen-bond donors (Lipinski definition) is 1. The summed E-state index contributed by atoms with van der Waals surface area (Å²) in [4.78, 5) is 30.6. The standard InChI is InChI=1S/C20H24N4O2S2/c1-4-5-10-17-23-24-18(25)11-14(21-20(24)28-17)12-27-16-9-7-6-8-15(16)22-19(26)13(2)3/h6-9,11,13H,4-5,10,12H2,1-3H3,(H,22,26). The molecule has 148 valence electrons. The zero-order chi connectivity index (χ0) is 20.1. The number of unbranched alkanes of at least 4 members (excludes halogenated alkanes) is 1. The molecule has 8 heteroatoms. The summed E-state index contributed by atoms with van der Waals surface area (Å²) in [5.74, 6) is 0.438. The van der Waals surface area contributed by atoms with E-state index in [4.69, 9.17) is 0 Å². The topological polar surface area (TPSA) is 76.4 Å². The third-order valence-electron chi connectivity index (χ3n) is 4.13. The molecule has 1 amide bonds. The number of aryl methyl sites for hydroxylation is 1. The Morgan fingerprint density at radius 3 is 2.86 bits per heavy atom. The summed E-state index contributed by atoms with van der Waals surface area (Å²) in [5, 5.41) is 8.28. The minimum absolute atomic E-state index is 0.0184. The molecule has 0 unspecified atom stereocenters. The normalized spacial score (nSPS) is 11.3. The van der Waals surface area contributed by atoms with E-state index >= 15 is 0 Å². The van der Waals surface area contributed by atoms with Crippen LogP contribution in [-0.2, 0) is 17.0 Å². The molecule has 0 bridgehead atoms. The summed E-state index contributed by atoms with van der Waals surface area (Å²) in [5.41, 5.74) is 1.34. The second kappa shape index (κ2) is 9.34. The van der Waals surface area contributed by atoms with E-state index in [1.165, 1.54) is 15.9 Å². The van der Waals surface area contributed by atoms with Gasteiger partial charge in [0, 0.05) is 29.1 Å². The van der Waals surface area contributed by atoms with E-state index in [1.54, 1.807) is 17.8 Å². The number of hydrogen-bond acceptors (Lipinski definition) is 6. The van der Waals surface area contributed by atoms with Gasteiger partial charge in [-0.3, -0.25) is 9.59 Å². The molecule has 2 heterocycles. The van der Waals surface area contributed by atoms with Gasteiger partial charge in [0.05, 0.1) is 11.4 Å². The van der Waals surface area contributed by atoms with Crippen molar-refractivity contribution in [2.45, 2.75) is 50.7 Å². The van der Waals surface area contributed by atoms with Gasteiger partial charge in [-0.15, -0.1) is 11.8 Å². The molecule has 1 aromatic carbocycles. The third kappa shape index (κ3) is 4.99. The Kier molecular flexibility index (Phi) is 6.85. The van der Waals surface area contributed by atoms with E-state index in [0.29, 0.717) is 16.4 Å². The number of aromatic nitrogens is 3. The molecular formula is C20H24N4O2S2. The maximum atomic E-state index is 12.4. The lowest BCUT2D eigenvalue weighted by Crippen LogP contribution is -2.18. The number of para-hydroxylation sites is 1. The number of nitrogens with zero attached hydrogens (tertiary/aromatic N) is 3. The minimum Gasteiger partial charge on any atom is -0.325 e. The first kappa shape index (κ1) is 20.5. The largest absolute Gasteiger partial charge is 0.325 e. The molecule has 3 rings (SSSR count). The van der Waals surface area contributed by atoms with Crippen molar-refractivity contribution in [3.8, 4) is 0 Å². The number of anilines is 1. The van der Waals surface area contributed by atoms with Gasteiger partial charge in [0.15, 0.2) is 0 Å². The van der Waals surface area contributed by atoms with Crippen LogP contribution >= 0.6 is 23.1 Å². The number of rotatable bonds is 8. The maximum Gasteiger partial charge on any atom is 0.275 e. The van der Waals surface area contributed by atoms with Gasteiger partial charge in [-0.2, -0.15) is 9.61 Å². The predicted molar refractivity (Wildman–Crippen MR) is 115 cm³/mol. The highest BCUT2D eigenvalue weighted by atomic mass is 32.2. The van der Waals surface area contributed by atoms with Crippen LogP contribution in [0.2, 0.25) is 0 Å². The number of fused-ring (bicyclic) bond motifs is 1. The second-order valence-electron chi connectivity index (χ2n) is 6.81. The van der Waals surface area contributed by atoms with Crippen LogP contribution in [0.25, 0.3) is 4.96 Å². The number of nitrogens with one attached hydrogen (secondary N) is 1. The van der Waals surface area contributed by atoms with Crippen LogP contribution in [0.1, 0.15) is 44.3 Å². The van der Waals surface area contributed by atoms with Gasteiger partial charge in [-0.05, 0) is 18.6 Å². The van der Waals surface area contributed by atoms with E-state index < -0.39 is 0 Å². The molecule has 6 nitrogen and oxygen atoms in total. The molecule has 3 aromatic rings. The molecule has 0 aliphatic carbocycles. The van der Waals surface area contributed by atoms with Crippen molar-refractivity contribution in [3.63, 3.8) is 0 Å². The van der Waals surface area contributed by atoms with Crippen LogP contribution in [0, 0.1) is 5.92 Å². The Hall–Kier alpha value is -2.19. The lowest BCUT2D eigenvalue weighted by Gasteiger charge is -2.12. The molecular weight excluding hydrogens is 392 g/mol. The van der Waals surface area contributed by atoms with Crippen molar-refractivity contribution >= 4 is 39.7 Å². The molecule has 0 fully saturated rings. The zero-order valence-corrected chi connectivity index (χ0v) is 17.9. The molecule has 0 aliphatic rings. The highest BCUT2D eigenvalue weighted by molar-refractivity contribution is 7.98. The Morgan fingerprint density at radius 1 is 1.32 bits per heavy atom. The Labute approximate surface area is 172 Å². The van der Waals surface area contributed by atoms with Gasteiger partial charge in [0.25, 0.3) is 5.56 Å². The monoisotopic (exact) mass is 416 g/mol. The summed E-state index contributed by atoms with van der Waals surface area (Å²) in [7, 11) is 0. The van der Waals surface area contributed by atoms with E-state index in [1.807, 2.05) is 38.1 Å². The number of thioether (sulfide) groups is 1. The summed E-state index contributed by atoms with van der Waals surface area (Å²) in [6.45, 7) is 5.86. The van der Waals surface area contributed by atoms with Crippen LogP contribution in [0.15, 0.2) is 40.0 Å². The summed E-state index contributed by atoms with van der Waals surface area (Å²) in [6, 6.07) is 9.21. The predicted octanol–water partition coefficient (Wildman–Crippen LogP) is 4.38. The van der Waals surface area contributed by atoms with Gasteiger partial charge in [0.1, 0.15) is 5.01 Å². The molecule has 0 saturated heterocycles. The second-order valence-corrected chi connectivity index (χ2v) is 8.87. The van der Waals surface area contributed by atoms with Crippen LogP contribution in [-0.4, -0.2) is 20.5 Å². The van der Waals surface area contributed by atoms with Crippen molar-refractivity contribution < 1.29 is 4.79 Å². The SMILES string of the molecule is CCCCc1nn2c(=O)cc(CSc3ccccc3NC(=O)C(C)C)nc2s1. The van der Waals surface area contributed by atoms with E-state index in [-0.39, 0.29) is 17.4 Å². The van der Waals surface area contributed by atoms with Crippen molar-refractivity contribution in [2.24, 2.45) is 5.92 Å². The van der Waals surface area contributed by atoms with Gasteiger partial charge in [-0.25, -0.2) is 4.98 Å². The fraction of sp³-hybridized carbons (Fsp3) is 0.400. The van der Waals surface area contributed by atoms with Crippen LogP contribution in [0.3, 0.4) is 0 Å². The summed E-state index contributed by atoms with van der Waals surface area (Å²) in [6.07, 6.45) is 3.01. The highest BCUT2D eigenvalue weighted by Gasteiger charge is 2.12. The maximum absolute atomic E-state index is 12.4. The van der Waals surface area contributed by atoms with Gasteiger partial charge in [0.2, 0.25) is 10.9 Å². The molecule has 0 saturated carbocycles. The molecule has 1 N–H and O–H groups in total. The molecule has 28 heavy (non-hydrogen) atoms. The number of amides is 1. The van der Waals surface area contributed by atoms with Crippen LogP contribution < -0.4 is 10.9 Å². The van der Waals surface area contributed by atoms with Gasteiger partial charge < -0.3 is 5.32 Å². The minimum atomic E-state index is -0.152. The van der Waals surface area contributed by atoms with E-state index in [9.17, 15) is 9.59 Å².